The van der Waals surface area contributed by atoms with Crippen LogP contribution in [-0.4, -0.2) is 12.6 Å². The van der Waals surface area contributed by atoms with Crippen LogP contribution in [0.3, 0.4) is 0 Å². The zero-order chi connectivity index (χ0) is 13.1. The van der Waals surface area contributed by atoms with Gasteiger partial charge in [0, 0.05) is 15.1 Å². The van der Waals surface area contributed by atoms with E-state index < -0.39 is 0 Å². The molecule has 2 aromatic rings. The van der Waals surface area contributed by atoms with Crippen molar-refractivity contribution in [1.82, 2.24) is 0 Å². The minimum Gasteiger partial charge on any atom is -0.461 e. The second-order valence-electron chi connectivity index (χ2n) is 3.88. The van der Waals surface area contributed by atoms with Crippen LogP contribution >= 0.6 is 34.5 Å². The van der Waals surface area contributed by atoms with Crippen LogP contribution in [0.4, 0.5) is 0 Å². The number of benzene rings is 1. The predicted molar refractivity (Wildman–Crippen MR) is 77.0 cm³/mol. The molecule has 0 aliphatic rings. The Labute approximate surface area is 119 Å². The Morgan fingerprint density at radius 2 is 2.17 bits per heavy atom. The zero-order valence-electron chi connectivity index (χ0n) is 9.83. The number of esters is 1. The van der Waals surface area contributed by atoms with Gasteiger partial charge in [-0.25, -0.2) is 4.79 Å². The number of halogens is 2. The van der Waals surface area contributed by atoms with Crippen molar-refractivity contribution >= 4 is 50.6 Å². The number of fused-ring (bicyclic) bond motifs is 1. The first kappa shape index (κ1) is 13.7. The van der Waals surface area contributed by atoms with Crippen LogP contribution in [0, 0.1) is 0 Å². The summed E-state index contributed by atoms with van der Waals surface area (Å²) in [5, 5.41) is 1.92. The molecular weight excluding hydrogens is 291 g/mol. The fourth-order valence-electron chi connectivity index (χ4n) is 1.55. The van der Waals surface area contributed by atoms with Gasteiger partial charge in [-0.2, -0.15) is 0 Å². The van der Waals surface area contributed by atoms with Crippen molar-refractivity contribution in [3.8, 4) is 0 Å². The van der Waals surface area contributed by atoms with Crippen LogP contribution in [-0.2, 0) is 4.74 Å². The van der Waals surface area contributed by atoms with Crippen molar-refractivity contribution in [1.29, 1.82) is 0 Å². The van der Waals surface area contributed by atoms with Crippen LogP contribution < -0.4 is 0 Å². The number of rotatable bonds is 4. The van der Waals surface area contributed by atoms with Gasteiger partial charge in [0.15, 0.2) is 0 Å². The molecule has 0 radical (unpaired) electrons. The predicted octanol–water partition coefficient (Wildman–Crippen LogP) is 5.17. The first-order valence-electron chi connectivity index (χ1n) is 5.68. The van der Waals surface area contributed by atoms with Gasteiger partial charge in [-0.05, 0) is 18.6 Å². The molecule has 0 aliphatic carbocycles. The highest BCUT2D eigenvalue weighted by atomic mass is 35.5. The van der Waals surface area contributed by atoms with Gasteiger partial charge in [-0.15, -0.1) is 11.3 Å². The molecular formula is C13H12Cl2O2S. The molecule has 96 valence electrons. The van der Waals surface area contributed by atoms with Crippen molar-refractivity contribution in [2.24, 2.45) is 0 Å². The van der Waals surface area contributed by atoms with E-state index >= 15 is 0 Å². The van der Waals surface area contributed by atoms with Crippen LogP contribution in [0.1, 0.15) is 29.4 Å². The lowest BCUT2D eigenvalue weighted by molar-refractivity contribution is 0.0506. The Kier molecular flexibility index (Phi) is 4.49. The Bertz CT molecular complexity index is 578. The molecule has 0 fully saturated rings. The van der Waals surface area contributed by atoms with Crippen LogP contribution in [0.5, 0.6) is 0 Å². The minimum absolute atomic E-state index is 0.356. The molecule has 0 amide bonds. The third kappa shape index (κ3) is 2.79. The highest BCUT2D eigenvalue weighted by Gasteiger charge is 2.18. The molecule has 18 heavy (non-hydrogen) atoms. The van der Waals surface area contributed by atoms with Gasteiger partial charge >= 0.3 is 5.97 Å². The van der Waals surface area contributed by atoms with E-state index in [2.05, 4.69) is 0 Å². The number of hydrogen-bond acceptors (Lipinski definition) is 3. The summed E-state index contributed by atoms with van der Waals surface area (Å²) in [7, 11) is 0. The number of ether oxygens (including phenoxy) is 1. The number of carbonyl (C=O) groups is 1. The second kappa shape index (κ2) is 5.91. The molecule has 0 spiro atoms. The minimum atomic E-state index is -0.356. The Morgan fingerprint density at radius 1 is 1.39 bits per heavy atom. The molecule has 0 N–H and O–H groups in total. The molecule has 0 saturated carbocycles. The number of hydrogen-bond donors (Lipinski definition) is 0. The topological polar surface area (TPSA) is 26.3 Å². The van der Waals surface area contributed by atoms with Gasteiger partial charge in [0.25, 0.3) is 0 Å². The number of carbonyl (C=O) groups excluding carboxylic acids is 1. The third-order valence-electron chi connectivity index (χ3n) is 2.51. The lowest BCUT2D eigenvalue weighted by Crippen LogP contribution is -2.04. The first-order valence-corrected chi connectivity index (χ1v) is 7.25. The lowest BCUT2D eigenvalue weighted by Gasteiger charge is -2.01. The van der Waals surface area contributed by atoms with Crippen molar-refractivity contribution < 1.29 is 9.53 Å². The Morgan fingerprint density at radius 3 is 2.89 bits per heavy atom. The van der Waals surface area contributed by atoms with Crippen LogP contribution in [0.2, 0.25) is 10.0 Å². The van der Waals surface area contributed by atoms with E-state index in [4.69, 9.17) is 27.9 Å². The monoisotopic (exact) mass is 302 g/mol. The van der Waals surface area contributed by atoms with Crippen molar-refractivity contribution in [3.05, 3.63) is 33.1 Å². The zero-order valence-corrected chi connectivity index (χ0v) is 12.2. The highest BCUT2D eigenvalue weighted by molar-refractivity contribution is 7.21. The molecule has 2 nitrogen and oxygen atoms in total. The summed E-state index contributed by atoms with van der Waals surface area (Å²) in [6.07, 6.45) is 1.85. The van der Waals surface area contributed by atoms with Crippen LogP contribution in [0.15, 0.2) is 18.2 Å². The molecule has 1 aromatic carbocycles. The molecule has 0 unspecified atom stereocenters. The molecule has 0 bridgehead atoms. The quantitative estimate of drug-likeness (QED) is 0.575. The van der Waals surface area contributed by atoms with E-state index in [-0.39, 0.29) is 5.97 Å². The summed E-state index contributed by atoms with van der Waals surface area (Å²) < 4.78 is 6.06. The van der Waals surface area contributed by atoms with E-state index in [1.807, 2.05) is 13.0 Å². The van der Waals surface area contributed by atoms with E-state index in [0.29, 0.717) is 21.5 Å². The average molecular weight is 303 g/mol. The largest absolute Gasteiger partial charge is 0.461 e. The molecule has 1 heterocycles. The summed E-state index contributed by atoms with van der Waals surface area (Å²) in [6, 6.07) is 5.38. The average Bonchev–Trinajstić information content (AvgIpc) is 2.66. The maximum absolute atomic E-state index is 11.9. The van der Waals surface area contributed by atoms with Crippen molar-refractivity contribution in [2.75, 3.05) is 6.61 Å². The smallest absolute Gasteiger partial charge is 0.349 e. The fraction of sp³-hybridized carbons (Fsp3) is 0.308. The summed E-state index contributed by atoms with van der Waals surface area (Å²) in [6.45, 7) is 2.48. The summed E-state index contributed by atoms with van der Waals surface area (Å²) in [5.74, 6) is -0.356. The molecule has 1 aromatic heterocycles. The summed E-state index contributed by atoms with van der Waals surface area (Å²) in [5.41, 5.74) is 0. The van der Waals surface area contributed by atoms with Gasteiger partial charge in [-0.3, -0.25) is 0 Å². The second-order valence-corrected chi connectivity index (χ2v) is 5.74. The molecule has 0 aliphatic heterocycles. The lowest BCUT2D eigenvalue weighted by atomic mass is 10.2. The van der Waals surface area contributed by atoms with E-state index in [0.717, 1.165) is 22.9 Å². The maximum Gasteiger partial charge on any atom is 0.349 e. The Hall–Kier alpha value is -0.770. The van der Waals surface area contributed by atoms with Gasteiger partial charge in [-0.1, -0.05) is 42.6 Å². The van der Waals surface area contributed by atoms with Crippen molar-refractivity contribution in [2.45, 2.75) is 19.8 Å². The first-order chi connectivity index (χ1) is 8.63. The molecule has 2 rings (SSSR count). The van der Waals surface area contributed by atoms with Gasteiger partial charge in [0.2, 0.25) is 0 Å². The molecule has 0 atom stereocenters. The molecule has 5 heteroatoms. The summed E-state index contributed by atoms with van der Waals surface area (Å²) >= 11 is 13.4. The summed E-state index contributed by atoms with van der Waals surface area (Å²) in [4.78, 5) is 12.3. The highest BCUT2D eigenvalue weighted by Crippen LogP contribution is 2.37. The van der Waals surface area contributed by atoms with Crippen LogP contribution in [0.25, 0.3) is 10.1 Å². The third-order valence-corrected chi connectivity index (χ3v) is 4.38. The number of unbranched alkanes of at least 4 members (excludes halogenated alkanes) is 1. The van der Waals surface area contributed by atoms with Gasteiger partial charge in [0.1, 0.15) is 4.88 Å². The Balaban J connectivity index is 2.28. The molecule has 0 saturated heterocycles. The SMILES string of the molecule is CCCCOC(=O)c1sc2cc(Cl)ccc2c1Cl. The van der Waals surface area contributed by atoms with Gasteiger partial charge in [0.05, 0.1) is 11.6 Å². The fourth-order valence-corrected chi connectivity index (χ4v) is 3.22. The van der Waals surface area contributed by atoms with E-state index in [1.54, 1.807) is 12.1 Å². The van der Waals surface area contributed by atoms with Gasteiger partial charge < -0.3 is 4.74 Å². The maximum atomic E-state index is 11.9. The van der Waals surface area contributed by atoms with E-state index in [1.165, 1.54) is 11.3 Å². The normalized spacial score (nSPS) is 10.8. The standard InChI is InChI=1S/C13H12Cl2O2S/c1-2-3-6-17-13(16)12-11(15)9-5-4-8(14)7-10(9)18-12/h4-5,7H,2-3,6H2,1H3. The van der Waals surface area contributed by atoms with Crippen molar-refractivity contribution in [3.63, 3.8) is 0 Å². The number of thiophene rings is 1. The van der Waals surface area contributed by atoms with E-state index in [9.17, 15) is 4.79 Å².